The van der Waals surface area contributed by atoms with E-state index in [0.717, 1.165) is 17.8 Å². The van der Waals surface area contributed by atoms with E-state index in [1.165, 1.54) is 6.20 Å². The van der Waals surface area contributed by atoms with Crippen molar-refractivity contribution in [2.75, 3.05) is 17.2 Å². The number of rotatable bonds is 4. The van der Waals surface area contributed by atoms with Crippen LogP contribution in [-0.4, -0.2) is 17.4 Å². The van der Waals surface area contributed by atoms with Gasteiger partial charge in [-0.2, -0.15) is 0 Å². The van der Waals surface area contributed by atoms with E-state index in [-0.39, 0.29) is 5.91 Å². The van der Waals surface area contributed by atoms with Crippen LogP contribution < -0.4 is 10.6 Å². The van der Waals surface area contributed by atoms with E-state index >= 15 is 0 Å². The minimum Gasteiger partial charge on any atom is -0.385 e. The molecule has 1 heterocycles. The number of amides is 1. The molecule has 0 atom stereocenters. The SMILES string of the molecule is CCNc1ccncc1C(=O)Nc1cc(C)ccc1Cl. The first-order chi connectivity index (χ1) is 9.61. The van der Waals surface area contributed by atoms with Gasteiger partial charge in [0.05, 0.1) is 22.0 Å². The number of aryl methyl sites for hydroxylation is 1. The predicted molar refractivity (Wildman–Crippen MR) is 82.5 cm³/mol. The molecule has 0 fully saturated rings. The van der Waals surface area contributed by atoms with Gasteiger partial charge in [-0.3, -0.25) is 9.78 Å². The number of hydrogen-bond donors (Lipinski definition) is 2. The van der Waals surface area contributed by atoms with Crippen molar-refractivity contribution >= 4 is 28.9 Å². The summed E-state index contributed by atoms with van der Waals surface area (Å²) in [6, 6.07) is 7.27. The number of anilines is 2. The van der Waals surface area contributed by atoms with Crippen molar-refractivity contribution in [1.82, 2.24) is 4.98 Å². The van der Waals surface area contributed by atoms with Gasteiger partial charge in [-0.25, -0.2) is 0 Å². The molecule has 0 saturated heterocycles. The zero-order chi connectivity index (χ0) is 14.5. The highest BCUT2D eigenvalue weighted by atomic mass is 35.5. The van der Waals surface area contributed by atoms with Crippen LogP contribution in [0.4, 0.5) is 11.4 Å². The summed E-state index contributed by atoms with van der Waals surface area (Å²) in [7, 11) is 0. The molecule has 0 bridgehead atoms. The van der Waals surface area contributed by atoms with Gasteiger partial charge >= 0.3 is 0 Å². The number of aromatic nitrogens is 1. The van der Waals surface area contributed by atoms with Crippen molar-refractivity contribution in [1.29, 1.82) is 0 Å². The zero-order valence-electron chi connectivity index (χ0n) is 11.4. The van der Waals surface area contributed by atoms with Crippen LogP contribution in [0.25, 0.3) is 0 Å². The molecule has 1 amide bonds. The Morgan fingerprint density at radius 1 is 1.30 bits per heavy atom. The van der Waals surface area contributed by atoms with Crippen LogP contribution in [0.2, 0.25) is 5.02 Å². The summed E-state index contributed by atoms with van der Waals surface area (Å²) in [5.41, 5.74) is 2.88. The van der Waals surface area contributed by atoms with Crippen LogP contribution in [0.5, 0.6) is 0 Å². The third-order valence-corrected chi connectivity index (χ3v) is 3.13. The Hall–Kier alpha value is -2.07. The van der Waals surface area contributed by atoms with Gasteiger partial charge in [0.25, 0.3) is 5.91 Å². The van der Waals surface area contributed by atoms with Crippen molar-refractivity contribution in [2.45, 2.75) is 13.8 Å². The molecule has 0 unspecified atom stereocenters. The van der Waals surface area contributed by atoms with Gasteiger partial charge in [-0.05, 0) is 37.6 Å². The first kappa shape index (κ1) is 14.3. The summed E-state index contributed by atoms with van der Waals surface area (Å²) in [5, 5.41) is 6.46. The molecule has 0 aliphatic rings. The number of pyridine rings is 1. The van der Waals surface area contributed by atoms with Crippen LogP contribution in [0.1, 0.15) is 22.8 Å². The highest BCUT2D eigenvalue weighted by Crippen LogP contribution is 2.24. The van der Waals surface area contributed by atoms with Gasteiger partial charge in [0.1, 0.15) is 0 Å². The smallest absolute Gasteiger partial charge is 0.259 e. The van der Waals surface area contributed by atoms with Gasteiger partial charge in [0, 0.05) is 18.9 Å². The largest absolute Gasteiger partial charge is 0.385 e. The Morgan fingerprint density at radius 2 is 2.10 bits per heavy atom. The standard InChI is InChI=1S/C15H16ClN3O/c1-3-18-13-6-7-17-9-11(13)15(20)19-14-8-10(2)4-5-12(14)16/h4-9H,3H2,1-2H3,(H,17,18)(H,19,20). The number of benzene rings is 1. The maximum absolute atomic E-state index is 12.3. The second-order valence-electron chi connectivity index (χ2n) is 4.39. The molecule has 5 heteroatoms. The molecule has 1 aromatic carbocycles. The topological polar surface area (TPSA) is 54.0 Å². The molecule has 0 aliphatic heterocycles. The fourth-order valence-corrected chi connectivity index (χ4v) is 2.01. The number of carbonyl (C=O) groups is 1. The number of halogens is 1. The number of carbonyl (C=O) groups excluding carboxylic acids is 1. The summed E-state index contributed by atoms with van der Waals surface area (Å²) >= 11 is 6.08. The molecule has 0 saturated carbocycles. The molecular formula is C15H16ClN3O. The van der Waals surface area contributed by atoms with E-state index < -0.39 is 0 Å². The Balaban J connectivity index is 2.26. The Kier molecular flexibility index (Phi) is 4.58. The molecule has 0 radical (unpaired) electrons. The summed E-state index contributed by atoms with van der Waals surface area (Å²) in [5.74, 6) is -0.235. The van der Waals surface area contributed by atoms with Gasteiger partial charge in [0.2, 0.25) is 0 Å². The van der Waals surface area contributed by atoms with Crippen molar-refractivity contribution < 1.29 is 4.79 Å². The molecule has 2 aromatic rings. The summed E-state index contributed by atoms with van der Waals surface area (Å²) in [6.07, 6.45) is 3.19. The van der Waals surface area contributed by atoms with Gasteiger partial charge < -0.3 is 10.6 Å². The third kappa shape index (κ3) is 3.27. The molecule has 2 rings (SSSR count). The van der Waals surface area contributed by atoms with E-state index in [4.69, 9.17) is 11.6 Å². The van der Waals surface area contributed by atoms with E-state index in [0.29, 0.717) is 16.3 Å². The third-order valence-electron chi connectivity index (χ3n) is 2.80. The fourth-order valence-electron chi connectivity index (χ4n) is 1.84. The van der Waals surface area contributed by atoms with Crippen LogP contribution >= 0.6 is 11.6 Å². The quantitative estimate of drug-likeness (QED) is 0.902. The van der Waals surface area contributed by atoms with Crippen LogP contribution in [0.3, 0.4) is 0 Å². The van der Waals surface area contributed by atoms with E-state index in [2.05, 4.69) is 15.6 Å². The van der Waals surface area contributed by atoms with Gasteiger partial charge in [-0.1, -0.05) is 17.7 Å². The second kappa shape index (κ2) is 6.39. The second-order valence-corrected chi connectivity index (χ2v) is 4.80. The average Bonchev–Trinajstić information content (AvgIpc) is 2.44. The predicted octanol–water partition coefficient (Wildman–Crippen LogP) is 3.73. The van der Waals surface area contributed by atoms with Gasteiger partial charge in [-0.15, -0.1) is 0 Å². The molecule has 0 spiro atoms. The summed E-state index contributed by atoms with van der Waals surface area (Å²) in [4.78, 5) is 16.3. The zero-order valence-corrected chi connectivity index (χ0v) is 12.2. The minimum absolute atomic E-state index is 0.235. The van der Waals surface area contributed by atoms with Crippen LogP contribution in [-0.2, 0) is 0 Å². The lowest BCUT2D eigenvalue weighted by Crippen LogP contribution is -2.15. The lowest BCUT2D eigenvalue weighted by atomic mass is 10.2. The average molecular weight is 290 g/mol. The molecule has 20 heavy (non-hydrogen) atoms. The minimum atomic E-state index is -0.235. The van der Waals surface area contributed by atoms with Crippen LogP contribution in [0, 0.1) is 6.92 Å². The highest BCUT2D eigenvalue weighted by Gasteiger charge is 2.13. The molecule has 104 valence electrons. The normalized spacial score (nSPS) is 10.2. The monoisotopic (exact) mass is 289 g/mol. The highest BCUT2D eigenvalue weighted by molar-refractivity contribution is 6.34. The lowest BCUT2D eigenvalue weighted by Gasteiger charge is -2.11. The van der Waals surface area contributed by atoms with E-state index in [9.17, 15) is 4.79 Å². The molecular weight excluding hydrogens is 274 g/mol. The molecule has 2 N–H and O–H groups in total. The van der Waals surface area contributed by atoms with Crippen molar-refractivity contribution in [3.63, 3.8) is 0 Å². The fraction of sp³-hybridized carbons (Fsp3) is 0.200. The number of nitrogens with zero attached hydrogens (tertiary/aromatic N) is 1. The number of nitrogens with one attached hydrogen (secondary N) is 2. The van der Waals surface area contributed by atoms with Crippen LogP contribution in [0.15, 0.2) is 36.7 Å². The maximum atomic E-state index is 12.3. The Labute approximate surface area is 123 Å². The van der Waals surface area contributed by atoms with E-state index in [1.807, 2.05) is 26.0 Å². The van der Waals surface area contributed by atoms with Crippen molar-refractivity contribution in [3.05, 3.63) is 52.8 Å². The van der Waals surface area contributed by atoms with Crippen molar-refractivity contribution in [3.8, 4) is 0 Å². The van der Waals surface area contributed by atoms with Crippen molar-refractivity contribution in [2.24, 2.45) is 0 Å². The van der Waals surface area contributed by atoms with Gasteiger partial charge in [0.15, 0.2) is 0 Å². The molecule has 4 nitrogen and oxygen atoms in total. The Bertz CT molecular complexity index is 628. The molecule has 0 aliphatic carbocycles. The summed E-state index contributed by atoms with van der Waals surface area (Å²) < 4.78 is 0. The first-order valence-electron chi connectivity index (χ1n) is 6.37. The molecule has 1 aromatic heterocycles. The lowest BCUT2D eigenvalue weighted by molar-refractivity contribution is 0.102. The maximum Gasteiger partial charge on any atom is 0.259 e. The summed E-state index contributed by atoms with van der Waals surface area (Å²) in [6.45, 7) is 4.65. The first-order valence-corrected chi connectivity index (χ1v) is 6.75. The number of hydrogen-bond acceptors (Lipinski definition) is 3. The van der Waals surface area contributed by atoms with E-state index in [1.54, 1.807) is 18.3 Å². The Morgan fingerprint density at radius 3 is 2.85 bits per heavy atom.